The highest BCUT2D eigenvalue weighted by Crippen LogP contribution is 2.22. The van der Waals surface area contributed by atoms with Crippen molar-refractivity contribution in [2.45, 2.75) is 19.5 Å². The quantitative estimate of drug-likeness (QED) is 0.753. The number of nitrogens with zero attached hydrogens (tertiary/aromatic N) is 1. The van der Waals surface area contributed by atoms with Gasteiger partial charge in [0.2, 0.25) is 0 Å². The van der Waals surface area contributed by atoms with Crippen LogP contribution in [-0.4, -0.2) is 30.9 Å². The van der Waals surface area contributed by atoms with Gasteiger partial charge >= 0.3 is 0 Å². The molecule has 1 heterocycles. The third-order valence-corrected chi connectivity index (χ3v) is 3.02. The Balaban J connectivity index is 2.03. The van der Waals surface area contributed by atoms with Crippen molar-refractivity contribution < 1.29 is 4.79 Å². The van der Waals surface area contributed by atoms with Gasteiger partial charge in [-0.25, -0.2) is 0 Å². The number of hydrogen-bond donors (Lipinski definition) is 2. The van der Waals surface area contributed by atoms with Gasteiger partial charge in [-0.05, 0) is 43.3 Å². The van der Waals surface area contributed by atoms with E-state index in [4.69, 9.17) is 5.73 Å². The van der Waals surface area contributed by atoms with Crippen molar-refractivity contribution in [3.63, 3.8) is 0 Å². The molecule has 0 bridgehead atoms. The zero-order valence-electron chi connectivity index (χ0n) is 10.2. The summed E-state index contributed by atoms with van der Waals surface area (Å²) in [6, 6.07) is 5.95. The van der Waals surface area contributed by atoms with Gasteiger partial charge in [-0.3, -0.25) is 9.69 Å². The summed E-state index contributed by atoms with van der Waals surface area (Å²) in [6.45, 7) is 3.16. The van der Waals surface area contributed by atoms with Gasteiger partial charge in [0.25, 0.3) is 5.91 Å². The molecular weight excluding hydrogens is 214 g/mol. The molecule has 0 radical (unpaired) electrons. The lowest BCUT2D eigenvalue weighted by Gasteiger charge is -2.06. The second kappa shape index (κ2) is 5.29. The Labute approximate surface area is 102 Å². The van der Waals surface area contributed by atoms with E-state index in [-0.39, 0.29) is 5.91 Å². The first-order valence-electron chi connectivity index (χ1n) is 5.99. The Morgan fingerprint density at radius 1 is 1.41 bits per heavy atom. The third kappa shape index (κ3) is 2.84. The molecule has 0 spiro atoms. The van der Waals surface area contributed by atoms with Gasteiger partial charge in [-0.2, -0.15) is 0 Å². The molecule has 1 aliphatic heterocycles. The summed E-state index contributed by atoms with van der Waals surface area (Å²) in [5.74, 6) is -0.00389. The van der Waals surface area contributed by atoms with Crippen LogP contribution in [-0.2, 0) is 13.1 Å². The molecule has 3 N–H and O–H groups in total. The highest BCUT2D eigenvalue weighted by atomic mass is 16.1. The van der Waals surface area contributed by atoms with Crippen LogP contribution in [0.5, 0.6) is 0 Å². The average molecular weight is 233 g/mol. The number of fused-ring (bicyclic) bond motifs is 1. The topological polar surface area (TPSA) is 58.4 Å². The Morgan fingerprint density at radius 3 is 2.94 bits per heavy atom. The maximum atomic E-state index is 11.8. The maximum Gasteiger partial charge on any atom is 0.251 e. The molecule has 17 heavy (non-hydrogen) atoms. The highest BCUT2D eigenvalue weighted by Gasteiger charge is 2.17. The summed E-state index contributed by atoms with van der Waals surface area (Å²) >= 11 is 0. The molecule has 0 aliphatic carbocycles. The van der Waals surface area contributed by atoms with Gasteiger partial charge in [0.1, 0.15) is 0 Å². The van der Waals surface area contributed by atoms with Crippen LogP contribution in [0.25, 0.3) is 0 Å². The molecule has 0 saturated heterocycles. The fourth-order valence-electron chi connectivity index (χ4n) is 2.11. The molecule has 92 valence electrons. The number of amides is 1. The molecule has 1 aromatic rings. The Bertz CT molecular complexity index is 417. The van der Waals surface area contributed by atoms with Crippen molar-refractivity contribution in [1.29, 1.82) is 0 Å². The van der Waals surface area contributed by atoms with E-state index >= 15 is 0 Å². The summed E-state index contributed by atoms with van der Waals surface area (Å²) in [5, 5.41) is 2.87. The fraction of sp³-hybridized carbons (Fsp3) is 0.462. The van der Waals surface area contributed by atoms with Crippen LogP contribution < -0.4 is 11.1 Å². The second-order valence-electron chi connectivity index (χ2n) is 4.55. The van der Waals surface area contributed by atoms with E-state index in [2.05, 4.69) is 23.3 Å². The predicted molar refractivity (Wildman–Crippen MR) is 67.6 cm³/mol. The molecule has 1 aliphatic rings. The molecule has 0 saturated carbocycles. The molecule has 0 atom stereocenters. The summed E-state index contributed by atoms with van der Waals surface area (Å²) in [7, 11) is 2.08. The van der Waals surface area contributed by atoms with Gasteiger partial charge in [0.15, 0.2) is 0 Å². The van der Waals surface area contributed by atoms with Crippen molar-refractivity contribution >= 4 is 5.91 Å². The van der Waals surface area contributed by atoms with Crippen LogP contribution in [0.15, 0.2) is 18.2 Å². The molecule has 1 aromatic carbocycles. The van der Waals surface area contributed by atoms with Crippen molar-refractivity contribution in [2.75, 3.05) is 20.1 Å². The van der Waals surface area contributed by atoms with E-state index in [9.17, 15) is 4.79 Å². The zero-order chi connectivity index (χ0) is 12.3. The summed E-state index contributed by atoms with van der Waals surface area (Å²) in [4.78, 5) is 14.1. The van der Waals surface area contributed by atoms with Crippen molar-refractivity contribution in [3.05, 3.63) is 34.9 Å². The Kier molecular flexibility index (Phi) is 3.76. The van der Waals surface area contributed by atoms with Crippen LogP contribution in [0.2, 0.25) is 0 Å². The van der Waals surface area contributed by atoms with Crippen LogP contribution in [0, 0.1) is 0 Å². The zero-order valence-corrected chi connectivity index (χ0v) is 10.2. The first-order valence-corrected chi connectivity index (χ1v) is 5.99. The number of rotatable bonds is 4. The van der Waals surface area contributed by atoms with Gasteiger partial charge in [-0.1, -0.05) is 6.07 Å². The first-order chi connectivity index (χ1) is 8.20. The number of carbonyl (C=O) groups is 1. The normalized spacial score (nSPS) is 14.7. The molecule has 4 heteroatoms. The van der Waals surface area contributed by atoms with Crippen LogP contribution in [0.1, 0.15) is 27.9 Å². The molecule has 1 amide bonds. The lowest BCUT2D eigenvalue weighted by Crippen LogP contribution is -2.26. The standard InChI is InChI=1S/C13H19N3O/c1-16-8-11-4-3-10(7-12(11)9-16)13(17)15-6-2-5-14/h3-4,7H,2,5-6,8-9,14H2,1H3,(H,15,17). The lowest BCUT2D eigenvalue weighted by molar-refractivity contribution is 0.0953. The van der Waals surface area contributed by atoms with Crippen molar-refractivity contribution in [2.24, 2.45) is 5.73 Å². The molecule has 2 rings (SSSR count). The molecule has 0 unspecified atom stereocenters. The Hall–Kier alpha value is -1.39. The molecular formula is C13H19N3O. The molecule has 4 nitrogen and oxygen atoms in total. The first kappa shape index (κ1) is 12.1. The SMILES string of the molecule is CN1Cc2ccc(C(=O)NCCCN)cc2C1. The van der Waals surface area contributed by atoms with E-state index in [0.717, 1.165) is 25.1 Å². The predicted octanol–water partition coefficient (Wildman–Crippen LogP) is 0.711. The van der Waals surface area contributed by atoms with Crippen LogP contribution in [0.3, 0.4) is 0 Å². The van der Waals surface area contributed by atoms with Gasteiger partial charge < -0.3 is 11.1 Å². The maximum absolute atomic E-state index is 11.8. The van der Waals surface area contributed by atoms with Gasteiger partial charge in [0, 0.05) is 25.2 Å². The average Bonchev–Trinajstić information content (AvgIpc) is 2.68. The smallest absolute Gasteiger partial charge is 0.251 e. The number of benzene rings is 1. The van der Waals surface area contributed by atoms with Crippen molar-refractivity contribution in [1.82, 2.24) is 10.2 Å². The van der Waals surface area contributed by atoms with Gasteiger partial charge in [-0.15, -0.1) is 0 Å². The Morgan fingerprint density at radius 2 is 2.18 bits per heavy atom. The molecule has 0 fully saturated rings. The largest absolute Gasteiger partial charge is 0.352 e. The van der Waals surface area contributed by atoms with Crippen LogP contribution >= 0.6 is 0 Å². The van der Waals surface area contributed by atoms with Gasteiger partial charge in [0.05, 0.1) is 0 Å². The minimum atomic E-state index is -0.00389. The van der Waals surface area contributed by atoms with E-state index in [0.29, 0.717) is 13.1 Å². The number of nitrogens with one attached hydrogen (secondary N) is 1. The number of hydrogen-bond acceptors (Lipinski definition) is 3. The molecule has 0 aromatic heterocycles. The summed E-state index contributed by atoms with van der Waals surface area (Å²) in [5.41, 5.74) is 8.72. The number of carbonyl (C=O) groups excluding carboxylic acids is 1. The van der Waals surface area contributed by atoms with E-state index in [1.165, 1.54) is 11.1 Å². The van der Waals surface area contributed by atoms with E-state index in [1.54, 1.807) is 0 Å². The fourth-order valence-corrected chi connectivity index (χ4v) is 2.11. The lowest BCUT2D eigenvalue weighted by atomic mass is 10.1. The summed E-state index contributed by atoms with van der Waals surface area (Å²) < 4.78 is 0. The number of nitrogens with two attached hydrogens (primary N) is 1. The van der Waals surface area contributed by atoms with E-state index < -0.39 is 0 Å². The minimum absolute atomic E-state index is 0.00389. The highest BCUT2D eigenvalue weighted by molar-refractivity contribution is 5.94. The minimum Gasteiger partial charge on any atom is -0.352 e. The summed E-state index contributed by atoms with van der Waals surface area (Å²) in [6.07, 6.45) is 0.819. The third-order valence-electron chi connectivity index (χ3n) is 3.02. The van der Waals surface area contributed by atoms with Crippen molar-refractivity contribution in [3.8, 4) is 0 Å². The van der Waals surface area contributed by atoms with E-state index in [1.807, 2.05) is 12.1 Å². The monoisotopic (exact) mass is 233 g/mol. The van der Waals surface area contributed by atoms with Crippen LogP contribution in [0.4, 0.5) is 0 Å². The second-order valence-corrected chi connectivity index (χ2v) is 4.55.